The molecule has 0 saturated heterocycles. The molecule has 0 amide bonds. The number of thiophene rings is 1. The first-order chi connectivity index (χ1) is 11.6. The molecule has 2 rings (SSSR count). The summed E-state index contributed by atoms with van der Waals surface area (Å²) in [7, 11) is 3.50. The van der Waals surface area contributed by atoms with Crippen molar-refractivity contribution in [3.8, 4) is 0 Å². The normalized spacial score (nSPS) is 12.6. The number of thioether (sulfide) groups is 1. The predicted molar refractivity (Wildman–Crippen MR) is 97.1 cm³/mol. The molecule has 2 aromatic rings. The summed E-state index contributed by atoms with van der Waals surface area (Å²) in [4.78, 5) is 7.09. The van der Waals surface area contributed by atoms with Crippen molar-refractivity contribution in [3.63, 3.8) is 0 Å². The van der Waals surface area contributed by atoms with E-state index in [1.165, 1.54) is 23.5 Å². The number of benzene rings is 1. The number of hydrogen-bond acceptors (Lipinski definition) is 3. The maximum absolute atomic E-state index is 14.3. The van der Waals surface area contributed by atoms with Crippen LogP contribution < -0.4 is 0 Å². The van der Waals surface area contributed by atoms with Crippen LogP contribution >= 0.6 is 34.7 Å². The third kappa shape index (κ3) is 5.62. The van der Waals surface area contributed by atoms with Gasteiger partial charge < -0.3 is 4.90 Å². The lowest BCUT2D eigenvalue weighted by atomic mass is 10.2. The van der Waals surface area contributed by atoms with Gasteiger partial charge in [-0.15, -0.1) is 23.1 Å². The Morgan fingerprint density at radius 2 is 1.96 bits per heavy atom. The van der Waals surface area contributed by atoms with E-state index in [1.54, 1.807) is 38.1 Å². The minimum Gasteiger partial charge on any atom is -0.362 e. The highest BCUT2D eigenvalue weighted by molar-refractivity contribution is 7.99. The van der Waals surface area contributed by atoms with Gasteiger partial charge in [-0.2, -0.15) is 13.2 Å². The maximum Gasteiger partial charge on any atom is 0.398 e. The third-order valence-corrected chi connectivity index (χ3v) is 5.53. The van der Waals surface area contributed by atoms with Gasteiger partial charge in [0.25, 0.3) is 0 Å². The fourth-order valence-electron chi connectivity index (χ4n) is 1.97. The zero-order valence-corrected chi connectivity index (χ0v) is 16.0. The number of aryl methyl sites for hydroxylation is 1. The van der Waals surface area contributed by atoms with Crippen LogP contribution in [-0.2, 0) is 0 Å². The van der Waals surface area contributed by atoms with Crippen molar-refractivity contribution in [2.75, 3.05) is 19.8 Å². The van der Waals surface area contributed by atoms with Gasteiger partial charge in [-0.1, -0.05) is 11.6 Å². The van der Waals surface area contributed by atoms with E-state index < -0.39 is 17.7 Å². The maximum atomic E-state index is 14.3. The van der Waals surface area contributed by atoms with Crippen molar-refractivity contribution in [2.24, 2.45) is 4.99 Å². The Morgan fingerprint density at radius 1 is 1.28 bits per heavy atom. The molecule has 9 heteroatoms. The second-order valence-electron chi connectivity index (χ2n) is 5.41. The van der Waals surface area contributed by atoms with Gasteiger partial charge in [0.05, 0.1) is 15.0 Å². The van der Waals surface area contributed by atoms with Crippen LogP contribution in [0.5, 0.6) is 0 Å². The fourth-order valence-corrected chi connectivity index (χ4v) is 3.88. The Labute approximate surface area is 156 Å². The number of alkyl halides is 3. The Bertz CT molecular complexity index is 785. The van der Waals surface area contributed by atoms with Crippen molar-refractivity contribution in [1.82, 2.24) is 4.90 Å². The number of halogens is 5. The molecule has 0 aliphatic rings. The van der Waals surface area contributed by atoms with Crippen LogP contribution in [0, 0.1) is 12.7 Å². The van der Waals surface area contributed by atoms with E-state index in [1.807, 2.05) is 0 Å². The first-order valence-electron chi connectivity index (χ1n) is 7.08. The number of amidine groups is 1. The number of aliphatic imine (C=N–C) groups is 1. The average molecular weight is 411 g/mol. The van der Waals surface area contributed by atoms with Crippen LogP contribution in [0.25, 0.3) is 0 Å². The highest BCUT2D eigenvalue weighted by Crippen LogP contribution is 2.34. The van der Waals surface area contributed by atoms with Gasteiger partial charge in [0.1, 0.15) is 17.3 Å². The van der Waals surface area contributed by atoms with E-state index in [4.69, 9.17) is 11.6 Å². The van der Waals surface area contributed by atoms with Crippen LogP contribution in [0.3, 0.4) is 0 Å². The van der Waals surface area contributed by atoms with Gasteiger partial charge in [-0.25, -0.2) is 9.38 Å². The van der Waals surface area contributed by atoms with Crippen LogP contribution in [0.2, 0.25) is 4.34 Å². The van der Waals surface area contributed by atoms with Gasteiger partial charge in [-0.05, 0) is 36.8 Å². The molecule has 1 heterocycles. The zero-order chi connectivity index (χ0) is 18.8. The molecule has 1 aromatic carbocycles. The molecule has 0 aliphatic heterocycles. The predicted octanol–water partition coefficient (Wildman–Crippen LogP) is 6.14. The molecule has 0 unspecified atom stereocenters. The smallest absolute Gasteiger partial charge is 0.362 e. The fraction of sp³-hybridized carbons (Fsp3) is 0.312. The summed E-state index contributed by atoms with van der Waals surface area (Å²) in [6.45, 7) is 1.57. The van der Waals surface area contributed by atoms with Crippen molar-refractivity contribution in [2.45, 2.75) is 18.0 Å². The van der Waals surface area contributed by atoms with Crippen LogP contribution in [0.1, 0.15) is 10.4 Å². The van der Waals surface area contributed by atoms with Gasteiger partial charge in [0.2, 0.25) is 0 Å². The van der Waals surface area contributed by atoms with E-state index in [2.05, 4.69) is 4.99 Å². The summed E-state index contributed by atoms with van der Waals surface area (Å²) in [6, 6.07) is 6.01. The van der Waals surface area contributed by atoms with Crippen LogP contribution in [-0.4, -0.2) is 36.8 Å². The molecule has 136 valence electrons. The molecule has 0 fully saturated rings. The summed E-state index contributed by atoms with van der Waals surface area (Å²) >= 11 is 7.84. The Morgan fingerprint density at radius 3 is 2.48 bits per heavy atom. The Balaban J connectivity index is 2.42. The molecule has 0 N–H and O–H groups in total. The largest absolute Gasteiger partial charge is 0.398 e. The van der Waals surface area contributed by atoms with Crippen LogP contribution in [0.15, 0.2) is 34.2 Å². The minimum atomic E-state index is -4.29. The second kappa shape index (κ2) is 7.97. The number of rotatable bonds is 4. The quantitative estimate of drug-likeness (QED) is 0.260. The Hall–Kier alpha value is -1.25. The molecule has 2 nitrogen and oxygen atoms in total. The lowest BCUT2D eigenvalue weighted by Crippen LogP contribution is -2.21. The average Bonchev–Trinajstić information content (AvgIpc) is 2.90. The molecular formula is C16H15ClF4N2S2. The van der Waals surface area contributed by atoms with E-state index in [0.29, 0.717) is 32.4 Å². The van der Waals surface area contributed by atoms with Crippen molar-refractivity contribution < 1.29 is 17.6 Å². The summed E-state index contributed by atoms with van der Waals surface area (Å²) in [5.41, 5.74) is 0.430. The van der Waals surface area contributed by atoms with Gasteiger partial charge in [-0.3, -0.25) is 0 Å². The highest BCUT2D eigenvalue weighted by atomic mass is 35.5. The standard InChI is InChI=1S/C16H15ClF4N2S2/c1-9-6-10(18)11(7-13(9)24-8-16(19,20)21)22-15(23(2)3)12-4-5-14(17)25-12/h4-7H,8H2,1-3H3/b22-15-. The van der Waals surface area contributed by atoms with Crippen molar-refractivity contribution >= 4 is 46.2 Å². The van der Waals surface area contributed by atoms with E-state index >= 15 is 0 Å². The summed E-state index contributed by atoms with van der Waals surface area (Å²) < 4.78 is 52.2. The molecule has 0 bridgehead atoms. The molecule has 25 heavy (non-hydrogen) atoms. The van der Waals surface area contributed by atoms with Crippen molar-refractivity contribution in [3.05, 3.63) is 44.9 Å². The first-order valence-corrected chi connectivity index (χ1v) is 9.26. The van der Waals surface area contributed by atoms with Gasteiger partial charge in [0, 0.05) is 19.0 Å². The number of nitrogens with zero attached hydrogens (tertiary/aromatic N) is 2. The molecule has 0 spiro atoms. The van der Waals surface area contributed by atoms with Crippen LogP contribution in [0.4, 0.5) is 23.2 Å². The topological polar surface area (TPSA) is 15.6 Å². The molecule has 0 aliphatic carbocycles. The second-order valence-corrected chi connectivity index (χ2v) is 8.14. The van der Waals surface area contributed by atoms with Gasteiger partial charge >= 0.3 is 6.18 Å². The van der Waals surface area contributed by atoms with Gasteiger partial charge in [0.15, 0.2) is 0 Å². The molecule has 0 atom stereocenters. The summed E-state index contributed by atoms with van der Waals surface area (Å²) in [6.07, 6.45) is -4.29. The molecule has 0 saturated carbocycles. The van der Waals surface area contributed by atoms with E-state index in [0.717, 1.165) is 4.88 Å². The van der Waals surface area contributed by atoms with E-state index in [-0.39, 0.29) is 5.69 Å². The zero-order valence-electron chi connectivity index (χ0n) is 13.6. The Kier molecular flexibility index (Phi) is 6.40. The molecule has 0 radical (unpaired) electrons. The summed E-state index contributed by atoms with van der Waals surface area (Å²) in [5.74, 6) is -1.15. The SMILES string of the molecule is Cc1cc(F)c(/N=C(/c2ccc(Cl)s2)N(C)C)cc1SCC(F)(F)F. The monoisotopic (exact) mass is 410 g/mol. The number of hydrogen-bond donors (Lipinski definition) is 0. The van der Waals surface area contributed by atoms with E-state index in [9.17, 15) is 17.6 Å². The molecule has 1 aromatic heterocycles. The summed E-state index contributed by atoms with van der Waals surface area (Å²) in [5, 5.41) is 0. The highest BCUT2D eigenvalue weighted by Gasteiger charge is 2.27. The third-order valence-electron chi connectivity index (χ3n) is 3.08. The minimum absolute atomic E-state index is 0.0107. The first kappa shape index (κ1) is 20.1. The lowest BCUT2D eigenvalue weighted by molar-refractivity contribution is -0.105. The lowest BCUT2D eigenvalue weighted by Gasteiger charge is -2.15. The van der Waals surface area contributed by atoms with Crippen molar-refractivity contribution in [1.29, 1.82) is 0 Å². The molecular weight excluding hydrogens is 396 g/mol.